The van der Waals surface area contributed by atoms with Crippen LogP contribution in [0.25, 0.3) is 0 Å². The van der Waals surface area contributed by atoms with E-state index in [2.05, 4.69) is 6.58 Å². The van der Waals surface area contributed by atoms with Crippen molar-refractivity contribution in [3.8, 4) is 0 Å². The van der Waals surface area contributed by atoms with Crippen LogP contribution in [0.15, 0.2) is 12.2 Å². The third kappa shape index (κ3) is 17.3. The monoisotopic (exact) mass is 245 g/mol. The van der Waals surface area contributed by atoms with Gasteiger partial charge in [-0.1, -0.05) is 13.5 Å². The number of carboxylic acids is 1. The van der Waals surface area contributed by atoms with Crippen LogP contribution in [0.2, 0.25) is 0 Å². The summed E-state index contributed by atoms with van der Waals surface area (Å²) in [5.41, 5.74) is 0.448. The van der Waals surface area contributed by atoms with Gasteiger partial charge >= 0.3 is 11.9 Å². The summed E-state index contributed by atoms with van der Waals surface area (Å²) in [5, 5.41) is 7.91. The van der Waals surface area contributed by atoms with Crippen molar-refractivity contribution in [2.45, 2.75) is 26.7 Å². The highest BCUT2D eigenvalue weighted by Gasteiger charge is 2.01. The molecule has 0 aromatic carbocycles. The minimum Gasteiger partial charge on any atom is -0.481 e. The van der Waals surface area contributed by atoms with Gasteiger partial charge in [-0.05, 0) is 27.4 Å². The zero-order valence-electron chi connectivity index (χ0n) is 11.2. The Hall–Kier alpha value is -1.36. The van der Waals surface area contributed by atoms with Crippen LogP contribution in [0.1, 0.15) is 26.7 Å². The maximum absolute atomic E-state index is 10.8. The summed E-state index contributed by atoms with van der Waals surface area (Å²) in [6.07, 6.45) is 1.02. The fraction of sp³-hybridized carbons (Fsp3) is 0.667. The van der Waals surface area contributed by atoms with Crippen molar-refractivity contribution in [3.05, 3.63) is 12.2 Å². The van der Waals surface area contributed by atoms with Gasteiger partial charge in [0.05, 0.1) is 0 Å². The summed E-state index contributed by atoms with van der Waals surface area (Å²) < 4.78 is 4.83. The second kappa shape index (κ2) is 11.1. The Morgan fingerprint density at radius 2 is 1.88 bits per heavy atom. The van der Waals surface area contributed by atoms with Crippen molar-refractivity contribution in [2.24, 2.45) is 0 Å². The average Bonchev–Trinajstić information content (AvgIpc) is 2.17. The first-order valence-electron chi connectivity index (χ1n) is 5.50. The molecule has 100 valence electrons. The zero-order valence-corrected chi connectivity index (χ0v) is 11.2. The van der Waals surface area contributed by atoms with Crippen molar-refractivity contribution in [1.82, 2.24) is 4.90 Å². The summed E-state index contributed by atoms with van der Waals surface area (Å²) in [7, 11) is 3.85. The highest BCUT2D eigenvalue weighted by Crippen LogP contribution is 1.91. The van der Waals surface area contributed by atoms with Crippen molar-refractivity contribution in [3.63, 3.8) is 0 Å². The summed E-state index contributed by atoms with van der Waals surface area (Å²) in [4.78, 5) is 22.3. The molecule has 0 unspecified atom stereocenters. The Morgan fingerprint density at radius 1 is 1.35 bits per heavy atom. The van der Waals surface area contributed by atoms with Gasteiger partial charge in [0, 0.05) is 18.5 Å². The number of hydrogen-bond acceptors (Lipinski definition) is 4. The fourth-order valence-electron chi connectivity index (χ4n) is 0.658. The van der Waals surface area contributed by atoms with Crippen molar-refractivity contribution >= 4 is 11.9 Å². The molecule has 1 N–H and O–H groups in total. The minimum absolute atomic E-state index is 0.292. The molecule has 0 aromatic heterocycles. The largest absolute Gasteiger partial charge is 0.481 e. The highest BCUT2D eigenvalue weighted by molar-refractivity contribution is 5.86. The van der Waals surface area contributed by atoms with E-state index in [0.29, 0.717) is 18.6 Å². The number of aliphatic carboxylic acids is 1. The van der Waals surface area contributed by atoms with Gasteiger partial charge in [-0.15, -0.1) is 0 Å². The van der Waals surface area contributed by atoms with E-state index in [1.54, 1.807) is 6.92 Å². The fourth-order valence-corrected chi connectivity index (χ4v) is 0.658. The molecule has 0 saturated heterocycles. The second-order valence-corrected chi connectivity index (χ2v) is 3.86. The molecule has 0 spiro atoms. The number of esters is 1. The Bertz CT molecular complexity index is 249. The lowest BCUT2D eigenvalue weighted by atomic mass is 10.4. The average molecular weight is 245 g/mol. The van der Waals surface area contributed by atoms with Crippen LogP contribution in [-0.4, -0.2) is 49.2 Å². The number of hydrogen-bond donors (Lipinski definition) is 1. The molecule has 5 nitrogen and oxygen atoms in total. The van der Waals surface area contributed by atoms with E-state index in [1.807, 2.05) is 25.9 Å². The lowest BCUT2D eigenvalue weighted by Gasteiger charge is -2.09. The quantitative estimate of drug-likeness (QED) is 0.568. The maximum Gasteiger partial charge on any atom is 0.333 e. The van der Waals surface area contributed by atoms with Crippen molar-refractivity contribution in [2.75, 3.05) is 27.2 Å². The van der Waals surface area contributed by atoms with Crippen LogP contribution in [0.4, 0.5) is 0 Å². The van der Waals surface area contributed by atoms with Gasteiger partial charge in [0.15, 0.2) is 0 Å². The lowest BCUT2D eigenvalue weighted by molar-refractivity contribution is -0.139. The topological polar surface area (TPSA) is 66.8 Å². The first-order chi connectivity index (χ1) is 7.81. The predicted molar refractivity (Wildman–Crippen MR) is 66.9 cm³/mol. The Balaban J connectivity index is 0. The van der Waals surface area contributed by atoms with Gasteiger partial charge in [0.2, 0.25) is 0 Å². The third-order valence-corrected chi connectivity index (χ3v) is 1.58. The van der Waals surface area contributed by atoms with E-state index in [0.717, 1.165) is 13.0 Å². The van der Waals surface area contributed by atoms with E-state index >= 15 is 0 Å². The number of ether oxygens (including phenoxy) is 1. The molecule has 0 aliphatic rings. The van der Waals surface area contributed by atoms with Crippen LogP contribution < -0.4 is 0 Å². The van der Waals surface area contributed by atoms with Gasteiger partial charge < -0.3 is 14.7 Å². The summed E-state index contributed by atoms with van der Waals surface area (Å²) >= 11 is 0. The second-order valence-electron chi connectivity index (χ2n) is 3.86. The van der Waals surface area contributed by atoms with Crippen LogP contribution in [0.3, 0.4) is 0 Å². The molecule has 0 aliphatic heterocycles. The minimum atomic E-state index is -0.711. The molecule has 0 amide bonds. The summed E-state index contributed by atoms with van der Waals surface area (Å²) in [6.45, 7) is 8.12. The number of rotatable bonds is 6. The van der Waals surface area contributed by atoms with Crippen LogP contribution in [-0.2, 0) is 14.3 Å². The van der Waals surface area contributed by atoms with Crippen molar-refractivity contribution in [1.29, 1.82) is 0 Å². The molecule has 0 aromatic rings. The smallest absolute Gasteiger partial charge is 0.333 e. The number of carboxylic acid groups (broad SMARTS) is 1. The third-order valence-electron chi connectivity index (χ3n) is 1.58. The molecule has 0 fully saturated rings. The predicted octanol–water partition coefficient (Wildman–Crippen LogP) is 1.54. The van der Waals surface area contributed by atoms with Gasteiger partial charge in [-0.3, -0.25) is 4.79 Å². The van der Waals surface area contributed by atoms with Crippen LogP contribution >= 0.6 is 0 Å². The van der Waals surface area contributed by atoms with E-state index in [-0.39, 0.29) is 5.97 Å². The van der Waals surface area contributed by atoms with E-state index in [1.165, 1.54) is 0 Å². The Labute approximate surface area is 103 Å². The molecule has 0 atom stereocenters. The van der Waals surface area contributed by atoms with Crippen LogP contribution in [0, 0.1) is 0 Å². The first kappa shape index (κ1) is 18.0. The SMILES string of the molecule is C=C(C)C(=O)OCCN(C)C.CCCC(=O)O. The Kier molecular flexibility index (Phi) is 11.8. The van der Waals surface area contributed by atoms with Gasteiger partial charge in [-0.2, -0.15) is 0 Å². The zero-order chi connectivity index (χ0) is 13.8. The number of likely N-dealkylation sites (N-methyl/N-ethyl adjacent to an activating group) is 1. The highest BCUT2D eigenvalue weighted by atomic mass is 16.5. The number of carbonyl (C=O) groups is 2. The molecule has 0 heterocycles. The van der Waals surface area contributed by atoms with Crippen molar-refractivity contribution < 1.29 is 19.4 Å². The van der Waals surface area contributed by atoms with Crippen LogP contribution in [0.5, 0.6) is 0 Å². The molecule has 0 saturated carbocycles. The lowest BCUT2D eigenvalue weighted by Crippen LogP contribution is -2.20. The summed E-state index contributed by atoms with van der Waals surface area (Å²) in [6, 6.07) is 0. The van der Waals surface area contributed by atoms with E-state index in [4.69, 9.17) is 9.84 Å². The molecule has 0 bridgehead atoms. The molecular formula is C12H23NO4. The summed E-state index contributed by atoms with van der Waals surface area (Å²) in [5.74, 6) is -1.02. The first-order valence-corrected chi connectivity index (χ1v) is 5.50. The standard InChI is InChI=1S/C8H15NO2.C4H8O2/c1-7(2)8(10)11-6-5-9(3)4;1-2-3-4(5)6/h1,5-6H2,2-4H3;2-3H2,1H3,(H,5,6). The molecule has 0 radical (unpaired) electrons. The molecule has 0 aliphatic carbocycles. The number of carbonyl (C=O) groups excluding carboxylic acids is 1. The molecular weight excluding hydrogens is 222 g/mol. The van der Waals surface area contributed by atoms with Gasteiger partial charge in [-0.25, -0.2) is 4.79 Å². The molecule has 17 heavy (non-hydrogen) atoms. The molecule has 0 rings (SSSR count). The van der Waals surface area contributed by atoms with E-state index in [9.17, 15) is 9.59 Å². The number of nitrogens with zero attached hydrogens (tertiary/aromatic N) is 1. The Morgan fingerprint density at radius 3 is 2.12 bits per heavy atom. The normalized spacial score (nSPS) is 9.24. The van der Waals surface area contributed by atoms with E-state index < -0.39 is 5.97 Å². The van der Waals surface area contributed by atoms with Gasteiger partial charge in [0.25, 0.3) is 0 Å². The molecule has 5 heteroatoms. The maximum atomic E-state index is 10.8. The van der Waals surface area contributed by atoms with Gasteiger partial charge in [0.1, 0.15) is 6.61 Å².